The van der Waals surface area contributed by atoms with E-state index < -0.39 is 0 Å². The smallest absolute Gasteiger partial charge is 0.255 e. The molecule has 0 aromatic heterocycles. The lowest BCUT2D eigenvalue weighted by atomic mass is 10.1. The molecule has 2 aromatic rings. The summed E-state index contributed by atoms with van der Waals surface area (Å²) < 4.78 is 24.8. The van der Waals surface area contributed by atoms with Crippen LogP contribution in [0.4, 0.5) is 10.1 Å². The lowest BCUT2D eigenvalue weighted by Gasteiger charge is -2.33. The van der Waals surface area contributed by atoms with E-state index in [4.69, 9.17) is 26.8 Å². The zero-order valence-electron chi connectivity index (χ0n) is 18.6. The van der Waals surface area contributed by atoms with Gasteiger partial charge in [0.25, 0.3) is 5.91 Å². The predicted molar refractivity (Wildman–Crippen MR) is 125 cm³/mol. The topological polar surface area (TPSA) is 76.8 Å². The molecule has 0 saturated carbocycles. The molecule has 1 unspecified atom stereocenters. The normalized spacial score (nSPS) is 16.8. The Morgan fingerprint density at radius 1 is 1.34 bits per heavy atom. The molecule has 32 heavy (non-hydrogen) atoms. The Hall–Kier alpha value is -2.35. The third-order valence-electron chi connectivity index (χ3n) is 5.33. The van der Waals surface area contributed by atoms with Crippen molar-refractivity contribution in [2.75, 3.05) is 38.6 Å². The number of rotatable bonds is 9. The number of hydrogen-bond donors (Lipinski definition) is 2. The molecule has 1 atom stereocenters. The van der Waals surface area contributed by atoms with Gasteiger partial charge in [-0.2, -0.15) is 0 Å². The van der Waals surface area contributed by atoms with Gasteiger partial charge < -0.3 is 20.5 Å². The van der Waals surface area contributed by atoms with Crippen LogP contribution in [0.5, 0.6) is 5.75 Å². The Balaban J connectivity index is 1.57. The Kier molecular flexibility index (Phi) is 8.73. The fourth-order valence-corrected chi connectivity index (χ4v) is 3.63. The van der Waals surface area contributed by atoms with Crippen molar-refractivity contribution in [1.29, 1.82) is 0 Å². The van der Waals surface area contributed by atoms with Crippen LogP contribution in [0.3, 0.4) is 0 Å². The Morgan fingerprint density at radius 3 is 2.81 bits per heavy atom. The molecule has 3 N–H and O–H groups in total. The first-order valence-electron chi connectivity index (χ1n) is 10.9. The highest BCUT2D eigenvalue weighted by atomic mass is 35.5. The van der Waals surface area contributed by atoms with Crippen LogP contribution < -0.4 is 15.8 Å². The Labute approximate surface area is 193 Å². The van der Waals surface area contributed by atoms with Crippen LogP contribution in [0.2, 0.25) is 5.02 Å². The Morgan fingerprint density at radius 2 is 2.09 bits per heavy atom. The molecule has 1 amide bonds. The van der Waals surface area contributed by atoms with Crippen molar-refractivity contribution >= 4 is 23.2 Å². The first kappa shape index (κ1) is 24.3. The predicted octanol–water partition coefficient (Wildman–Crippen LogP) is 4.12. The van der Waals surface area contributed by atoms with Crippen LogP contribution in [0.15, 0.2) is 36.4 Å². The maximum absolute atomic E-state index is 13.1. The summed E-state index contributed by atoms with van der Waals surface area (Å²) in [6.45, 7) is 7.78. The zero-order chi connectivity index (χ0) is 23.1. The summed E-state index contributed by atoms with van der Waals surface area (Å²) in [5.74, 6) is 0.378. The standard InChI is InChI=1S/C24H31ClFN3O3/c1-16(2)7-9-32-23-12-22(27)21(25)11-20(23)24(30)28-13-19-15-29(8-10-31-19)14-17-3-5-18(26)6-4-17/h3-6,11-12,16,19H,7-10,13-15,27H2,1-2H3,(H,28,30). The third kappa shape index (κ3) is 7.08. The van der Waals surface area contributed by atoms with Gasteiger partial charge in [0.2, 0.25) is 0 Å². The van der Waals surface area contributed by atoms with Crippen molar-refractivity contribution in [3.63, 3.8) is 0 Å². The Bertz CT molecular complexity index is 908. The first-order valence-corrected chi connectivity index (χ1v) is 11.3. The number of nitrogen functional groups attached to an aromatic ring is 1. The maximum Gasteiger partial charge on any atom is 0.255 e. The molecule has 1 fully saturated rings. The SMILES string of the molecule is CC(C)CCOc1cc(N)c(Cl)cc1C(=O)NCC1CN(Cc2ccc(F)cc2)CCO1. The number of hydrogen-bond acceptors (Lipinski definition) is 5. The van der Waals surface area contributed by atoms with Crippen LogP contribution >= 0.6 is 11.6 Å². The zero-order valence-corrected chi connectivity index (χ0v) is 19.3. The van der Waals surface area contributed by atoms with E-state index in [1.807, 2.05) is 0 Å². The number of nitrogens with one attached hydrogen (secondary N) is 1. The fourth-order valence-electron chi connectivity index (χ4n) is 3.47. The molecule has 2 aromatic carbocycles. The van der Waals surface area contributed by atoms with Crippen LogP contribution in [0.25, 0.3) is 0 Å². The van der Waals surface area contributed by atoms with Gasteiger partial charge in [-0.05, 0) is 36.1 Å². The quantitative estimate of drug-likeness (QED) is 0.547. The summed E-state index contributed by atoms with van der Waals surface area (Å²) in [4.78, 5) is 15.1. The van der Waals surface area contributed by atoms with E-state index in [9.17, 15) is 9.18 Å². The fraction of sp³-hybridized carbons (Fsp3) is 0.458. The number of morpholine rings is 1. The van der Waals surface area contributed by atoms with Crippen LogP contribution in [-0.2, 0) is 11.3 Å². The van der Waals surface area contributed by atoms with Gasteiger partial charge in [-0.25, -0.2) is 4.39 Å². The number of anilines is 1. The highest BCUT2D eigenvalue weighted by Gasteiger charge is 2.23. The van der Waals surface area contributed by atoms with Crippen molar-refractivity contribution in [3.8, 4) is 5.75 Å². The second kappa shape index (κ2) is 11.5. The van der Waals surface area contributed by atoms with E-state index in [0.717, 1.165) is 18.5 Å². The van der Waals surface area contributed by atoms with Gasteiger partial charge in [-0.1, -0.05) is 37.6 Å². The second-order valence-corrected chi connectivity index (χ2v) is 8.87. The highest BCUT2D eigenvalue weighted by Crippen LogP contribution is 2.29. The van der Waals surface area contributed by atoms with E-state index >= 15 is 0 Å². The van der Waals surface area contributed by atoms with Gasteiger partial charge in [-0.15, -0.1) is 0 Å². The average molecular weight is 464 g/mol. The van der Waals surface area contributed by atoms with Gasteiger partial charge in [0.15, 0.2) is 0 Å². The molecule has 0 aliphatic carbocycles. The van der Waals surface area contributed by atoms with E-state index in [2.05, 4.69) is 24.1 Å². The first-order chi connectivity index (χ1) is 15.3. The van der Waals surface area contributed by atoms with E-state index in [1.165, 1.54) is 12.1 Å². The van der Waals surface area contributed by atoms with Crippen molar-refractivity contribution < 1.29 is 18.7 Å². The molecule has 1 heterocycles. The molecule has 0 bridgehead atoms. The number of nitrogens with zero attached hydrogens (tertiary/aromatic N) is 1. The molecular weight excluding hydrogens is 433 g/mol. The third-order valence-corrected chi connectivity index (χ3v) is 5.66. The summed E-state index contributed by atoms with van der Waals surface area (Å²) in [6, 6.07) is 9.64. The van der Waals surface area contributed by atoms with E-state index in [0.29, 0.717) is 60.8 Å². The molecule has 3 rings (SSSR count). The second-order valence-electron chi connectivity index (χ2n) is 8.47. The van der Waals surface area contributed by atoms with Crippen LogP contribution in [0, 0.1) is 11.7 Å². The summed E-state index contributed by atoms with van der Waals surface area (Å²) in [5.41, 5.74) is 7.67. The highest BCUT2D eigenvalue weighted by molar-refractivity contribution is 6.33. The molecular formula is C24H31ClFN3O3. The van der Waals surface area contributed by atoms with E-state index in [1.54, 1.807) is 24.3 Å². The lowest BCUT2D eigenvalue weighted by molar-refractivity contribution is -0.0292. The number of amides is 1. The summed E-state index contributed by atoms with van der Waals surface area (Å²) in [7, 11) is 0. The maximum atomic E-state index is 13.1. The van der Waals surface area contributed by atoms with Crippen LogP contribution in [-0.4, -0.2) is 49.8 Å². The molecule has 6 nitrogen and oxygen atoms in total. The minimum absolute atomic E-state index is 0.150. The summed E-state index contributed by atoms with van der Waals surface area (Å²) in [5, 5.41) is 3.24. The average Bonchev–Trinajstić information content (AvgIpc) is 2.76. The molecule has 1 aliphatic heterocycles. The number of halogens is 2. The van der Waals surface area contributed by atoms with E-state index in [-0.39, 0.29) is 17.8 Å². The lowest BCUT2D eigenvalue weighted by Crippen LogP contribution is -2.47. The summed E-state index contributed by atoms with van der Waals surface area (Å²) >= 11 is 6.15. The van der Waals surface area contributed by atoms with Crippen molar-refractivity contribution in [3.05, 3.63) is 58.4 Å². The minimum atomic E-state index is -0.286. The van der Waals surface area contributed by atoms with Crippen molar-refractivity contribution in [2.45, 2.75) is 32.9 Å². The number of ether oxygens (including phenoxy) is 2. The monoisotopic (exact) mass is 463 g/mol. The molecule has 0 radical (unpaired) electrons. The van der Waals surface area contributed by atoms with Gasteiger partial charge in [0.1, 0.15) is 11.6 Å². The van der Waals surface area contributed by atoms with Gasteiger partial charge in [-0.3, -0.25) is 9.69 Å². The van der Waals surface area contributed by atoms with Gasteiger partial charge >= 0.3 is 0 Å². The molecule has 1 aliphatic rings. The molecule has 8 heteroatoms. The number of carbonyl (C=O) groups excluding carboxylic acids is 1. The molecule has 0 spiro atoms. The van der Waals surface area contributed by atoms with Crippen molar-refractivity contribution in [2.24, 2.45) is 5.92 Å². The number of carbonyl (C=O) groups is 1. The largest absolute Gasteiger partial charge is 0.493 e. The van der Waals surface area contributed by atoms with Crippen molar-refractivity contribution in [1.82, 2.24) is 10.2 Å². The van der Waals surface area contributed by atoms with Crippen LogP contribution in [0.1, 0.15) is 36.2 Å². The summed E-state index contributed by atoms with van der Waals surface area (Å²) in [6.07, 6.45) is 0.714. The number of nitrogens with two attached hydrogens (primary N) is 1. The molecule has 174 valence electrons. The van der Waals surface area contributed by atoms with Gasteiger partial charge in [0, 0.05) is 32.2 Å². The number of benzene rings is 2. The minimum Gasteiger partial charge on any atom is -0.493 e. The van der Waals surface area contributed by atoms with Gasteiger partial charge in [0.05, 0.1) is 35.6 Å². The molecule has 1 saturated heterocycles.